The third kappa shape index (κ3) is 4.79. The zero-order chi connectivity index (χ0) is 12.7. The fraction of sp³-hybridized carbons (Fsp3) is 0.250. The van der Waals surface area contributed by atoms with Crippen molar-refractivity contribution in [3.05, 3.63) is 16.6 Å². The Labute approximate surface area is 105 Å². The second-order valence-corrected chi connectivity index (χ2v) is 3.67. The number of carbonyl (C=O) groups excluding carboxylic acids is 1. The van der Waals surface area contributed by atoms with E-state index in [9.17, 15) is 9.59 Å². The van der Waals surface area contributed by atoms with Crippen molar-refractivity contribution >= 4 is 40.6 Å². The lowest BCUT2D eigenvalue weighted by molar-refractivity contribution is -0.130. The number of halogens is 1. The van der Waals surface area contributed by atoms with Crippen LogP contribution in [0.2, 0.25) is 0 Å². The molecule has 17 heavy (non-hydrogen) atoms. The van der Waals surface area contributed by atoms with E-state index in [1.54, 1.807) is 10.9 Å². The standard InChI is InChI=1S/C8H8ClN3O4S/c9-1-6(13)11-7(8(14)15)12-16-2-5-3-17-4-10-5/h3-4H,1-2H2,(H,14,15)(H,11,12,13). The van der Waals surface area contributed by atoms with Crippen molar-refractivity contribution in [3.63, 3.8) is 0 Å². The van der Waals surface area contributed by atoms with Gasteiger partial charge in [-0.05, 0) is 0 Å². The zero-order valence-electron chi connectivity index (χ0n) is 8.42. The smallest absolute Gasteiger partial charge is 0.375 e. The number of alkyl halides is 1. The van der Waals surface area contributed by atoms with E-state index >= 15 is 0 Å². The fourth-order valence-corrected chi connectivity index (χ4v) is 1.36. The Balaban J connectivity index is 2.52. The van der Waals surface area contributed by atoms with Crippen LogP contribution in [0.25, 0.3) is 0 Å². The van der Waals surface area contributed by atoms with Gasteiger partial charge in [-0.15, -0.1) is 22.9 Å². The number of hydrogen-bond acceptors (Lipinski definition) is 6. The van der Waals surface area contributed by atoms with E-state index in [1.807, 2.05) is 5.32 Å². The van der Waals surface area contributed by atoms with Gasteiger partial charge >= 0.3 is 5.97 Å². The highest BCUT2D eigenvalue weighted by Gasteiger charge is 2.13. The highest BCUT2D eigenvalue weighted by Crippen LogP contribution is 2.02. The van der Waals surface area contributed by atoms with Crippen LogP contribution in [0.5, 0.6) is 0 Å². The van der Waals surface area contributed by atoms with Crippen molar-refractivity contribution in [1.82, 2.24) is 10.3 Å². The maximum atomic E-state index is 10.9. The number of carboxylic acids is 1. The Kier molecular flexibility index (Phi) is 5.37. The van der Waals surface area contributed by atoms with Crippen molar-refractivity contribution < 1.29 is 19.5 Å². The molecule has 0 aliphatic carbocycles. The molecule has 92 valence electrons. The molecule has 0 radical (unpaired) electrons. The van der Waals surface area contributed by atoms with Crippen LogP contribution in [0.15, 0.2) is 16.0 Å². The van der Waals surface area contributed by atoms with Crippen LogP contribution in [0.3, 0.4) is 0 Å². The number of carboxylic acid groups (broad SMARTS) is 1. The van der Waals surface area contributed by atoms with E-state index in [1.165, 1.54) is 11.3 Å². The second kappa shape index (κ2) is 6.81. The normalized spacial score (nSPS) is 11.0. The van der Waals surface area contributed by atoms with Crippen molar-refractivity contribution in [2.24, 2.45) is 5.16 Å². The van der Waals surface area contributed by atoms with Gasteiger partial charge in [-0.3, -0.25) is 4.79 Å². The molecule has 1 heterocycles. The van der Waals surface area contributed by atoms with E-state index in [2.05, 4.69) is 10.1 Å². The van der Waals surface area contributed by atoms with Gasteiger partial charge in [-0.25, -0.2) is 9.78 Å². The number of oxime groups is 1. The average Bonchev–Trinajstić information content (AvgIpc) is 2.80. The Morgan fingerprint density at radius 2 is 2.41 bits per heavy atom. The first-order valence-electron chi connectivity index (χ1n) is 4.29. The number of aliphatic carboxylic acids is 1. The molecule has 0 aliphatic heterocycles. The average molecular weight is 278 g/mol. The van der Waals surface area contributed by atoms with Crippen LogP contribution in [-0.2, 0) is 21.0 Å². The summed E-state index contributed by atoms with van der Waals surface area (Å²) in [5, 5.41) is 15.7. The molecule has 0 unspecified atom stereocenters. The molecule has 1 aromatic rings. The van der Waals surface area contributed by atoms with Crippen molar-refractivity contribution in [2.45, 2.75) is 6.61 Å². The summed E-state index contributed by atoms with van der Waals surface area (Å²) in [6, 6.07) is 0. The summed E-state index contributed by atoms with van der Waals surface area (Å²) >= 11 is 6.58. The third-order valence-corrected chi connectivity index (χ3v) is 2.31. The van der Waals surface area contributed by atoms with Crippen LogP contribution in [-0.4, -0.2) is 33.7 Å². The van der Waals surface area contributed by atoms with Crippen LogP contribution < -0.4 is 5.32 Å². The van der Waals surface area contributed by atoms with Gasteiger partial charge in [0.1, 0.15) is 5.88 Å². The lowest BCUT2D eigenvalue weighted by atomic mass is 10.5. The monoisotopic (exact) mass is 277 g/mol. The molecule has 0 saturated heterocycles. The molecule has 1 aromatic heterocycles. The zero-order valence-corrected chi connectivity index (χ0v) is 9.99. The Hall–Kier alpha value is -1.67. The quantitative estimate of drug-likeness (QED) is 0.359. The number of carbonyl (C=O) groups is 2. The molecule has 9 heteroatoms. The maximum Gasteiger partial charge on any atom is 0.375 e. The minimum atomic E-state index is -1.42. The summed E-state index contributed by atoms with van der Waals surface area (Å²) in [5.41, 5.74) is 2.22. The highest BCUT2D eigenvalue weighted by molar-refractivity contribution is 7.07. The van der Waals surface area contributed by atoms with Crippen LogP contribution in [0.1, 0.15) is 5.69 Å². The summed E-state index contributed by atoms with van der Waals surface area (Å²) in [4.78, 5) is 30.2. The molecule has 1 rings (SSSR count). The lowest BCUT2D eigenvalue weighted by Gasteiger charge is -2.02. The number of thiazole rings is 1. The molecule has 2 N–H and O–H groups in total. The van der Waals surface area contributed by atoms with Gasteiger partial charge in [-0.1, -0.05) is 5.16 Å². The molecule has 0 spiro atoms. The maximum absolute atomic E-state index is 10.9. The summed E-state index contributed by atoms with van der Waals surface area (Å²) in [6.07, 6.45) is 0. The number of nitrogens with zero attached hydrogens (tertiary/aromatic N) is 2. The molecule has 0 aliphatic rings. The van der Waals surface area contributed by atoms with Crippen molar-refractivity contribution in [2.75, 3.05) is 5.88 Å². The summed E-state index contributed by atoms with van der Waals surface area (Å²) in [5.74, 6) is -3.07. The van der Waals surface area contributed by atoms with Crippen molar-refractivity contribution in [3.8, 4) is 0 Å². The topological polar surface area (TPSA) is 101 Å². The van der Waals surface area contributed by atoms with E-state index in [0.717, 1.165) is 0 Å². The van der Waals surface area contributed by atoms with Gasteiger partial charge < -0.3 is 15.3 Å². The molecule has 7 nitrogen and oxygen atoms in total. The number of aromatic nitrogens is 1. The Bertz CT molecular complexity index is 420. The molecule has 0 aromatic carbocycles. The first-order chi connectivity index (χ1) is 8.13. The predicted octanol–water partition coefficient (Wildman–Crippen LogP) is 0.413. The molecule has 0 atom stereocenters. The van der Waals surface area contributed by atoms with Gasteiger partial charge in [-0.2, -0.15) is 0 Å². The summed E-state index contributed by atoms with van der Waals surface area (Å²) in [7, 11) is 0. The fourth-order valence-electron chi connectivity index (χ4n) is 0.753. The molecule has 1 amide bonds. The van der Waals surface area contributed by atoms with Gasteiger partial charge in [0.05, 0.1) is 11.2 Å². The summed E-state index contributed by atoms with van der Waals surface area (Å²) < 4.78 is 0. The third-order valence-electron chi connectivity index (χ3n) is 1.43. The largest absolute Gasteiger partial charge is 0.475 e. The molecule has 0 bridgehead atoms. The number of amides is 1. The Morgan fingerprint density at radius 3 is 2.94 bits per heavy atom. The predicted molar refractivity (Wildman–Crippen MR) is 60.8 cm³/mol. The molecule has 0 fully saturated rings. The minimum absolute atomic E-state index is 0.0248. The number of nitrogens with one attached hydrogen (secondary N) is 1. The van der Waals surface area contributed by atoms with Crippen LogP contribution in [0, 0.1) is 0 Å². The number of amidine groups is 1. The SMILES string of the molecule is O=C(CCl)NC(=NOCc1cscn1)C(=O)O. The number of rotatable bonds is 4. The molecular formula is C8H8ClN3O4S. The first kappa shape index (κ1) is 13.4. The highest BCUT2D eigenvalue weighted by atomic mass is 35.5. The van der Waals surface area contributed by atoms with E-state index in [0.29, 0.717) is 5.69 Å². The van der Waals surface area contributed by atoms with Gasteiger partial charge in [0.15, 0.2) is 6.61 Å². The van der Waals surface area contributed by atoms with E-state index in [-0.39, 0.29) is 12.5 Å². The van der Waals surface area contributed by atoms with Gasteiger partial charge in [0.2, 0.25) is 5.91 Å². The first-order valence-corrected chi connectivity index (χ1v) is 5.77. The van der Waals surface area contributed by atoms with E-state index in [4.69, 9.17) is 21.5 Å². The molecular weight excluding hydrogens is 270 g/mol. The van der Waals surface area contributed by atoms with Crippen LogP contribution >= 0.6 is 22.9 Å². The molecule has 0 saturated carbocycles. The lowest BCUT2D eigenvalue weighted by Crippen LogP contribution is -2.37. The van der Waals surface area contributed by atoms with Gasteiger partial charge in [0.25, 0.3) is 5.84 Å². The Morgan fingerprint density at radius 1 is 1.65 bits per heavy atom. The van der Waals surface area contributed by atoms with Crippen LogP contribution in [0.4, 0.5) is 0 Å². The second-order valence-electron chi connectivity index (χ2n) is 2.68. The minimum Gasteiger partial charge on any atom is -0.475 e. The van der Waals surface area contributed by atoms with E-state index < -0.39 is 17.7 Å². The summed E-state index contributed by atoms with van der Waals surface area (Å²) in [6.45, 7) is 0.0248. The van der Waals surface area contributed by atoms with Crippen molar-refractivity contribution in [1.29, 1.82) is 0 Å². The number of hydrogen-bond donors (Lipinski definition) is 2. The van der Waals surface area contributed by atoms with Gasteiger partial charge in [0, 0.05) is 5.38 Å².